The predicted molar refractivity (Wildman–Crippen MR) is 74.2 cm³/mol. The lowest BCUT2D eigenvalue weighted by Crippen LogP contribution is -2.44. The van der Waals surface area contributed by atoms with Crippen molar-refractivity contribution in [1.29, 1.82) is 0 Å². The SMILES string of the molecule is CC(NC(N)=O)C(=O)Nc1c(Cl)cc(Cl)cc1C(=O)O. The molecule has 5 N–H and O–H groups in total. The summed E-state index contributed by atoms with van der Waals surface area (Å²) in [5, 5.41) is 13.6. The van der Waals surface area contributed by atoms with E-state index in [1.807, 2.05) is 0 Å². The number of carbonyl (C=O) groups is 3. The number of primary amides is 1. The van der Waals surface area contributed by atoms with Crippen LogP contribution in [0.1, 0.15) is 17.3 Å². The lowest BCUT2D eigenvalue weighted by atomic mass is 10.1. The molecular weight excluding hydrogens is 309 g/mol. The molecule has 0 aliphatic rings. The lowest BCUT2D eigenvalue weighted by Gasteiger charge is -2.15. The van der Waals surface area contributed by atoms with E-state index in [1.165, 1.54) is 13.0 Å². The molecule has 0 saturated heterocycles. The van der Waals surface area contributed by atoms with Crippen LogP contribution < -0.4 is 16.4 Å². The molecule has 1 rings (SSSR count). The Morgan fingerprint density at radius 2 is 1.90 bits per heavy atom. The number of urea groups is 1. The van der Waals surface area contributed by atoms with E-state index in [1.54, 1.807) is 0 Å². The molecule has 0 aliphatic carbocycles. The fourth-order valence-electron chi connectivity index (χ4n) is 1.38. The third-order valence-electron chi connectivity index (χ3n) is 2.29. The molecular formula is C11H11Cl2N3O4. The number of aromatic carboxylic acids is 1. The monoisotopic (exact) mass is 319 g/mol. The van der Waals surface area contributed by atoms with E-state index in [2.05, 4.69) is 10.6 Å². The van der Waals surface area contributed by atoms with Crippen molar-refractivity contribution >= 4 is 46.8 Å². The van der Waals surface area contributed by atoms with Crippen LogP contribution in [0.15, 0.2) is 12.1 Å². The summed E-state index contributed by atoms with van der Waals surface area (Å²) in [5.41, 5.74) is 4.52. The van der Waals surface area contributed by atoms with Crippen LogP contribution >= 0.6 is 23.2 Å². The minimum Gasteiger partial charge on any atom is -0.478 e. The zero-order valence-corrected chi connectivity index (χ0v) is 11.7. The number of anilines is 1. The molecule has 1 atom stereocenters. The highest BCUT2D eigenvalue weighted by molar-refractivity contribution is 6.37. The van der Waals surface area contributed by atoms with Gasteiger partial charge in [0.2, 0.25) is 5.91 Å². The van der Waals surface area contributed by atoms with E-state index < -0.39 is 23.9 Å². The molecule has 0 saturated carbocycles. The Balaban J connectivity index is 3.05. The van der Waals surface area contributed by atoms with Crippen LogP contribution in [0.4, 0.5) is 10.5 Å². The van der Waals surface area contributed by atoms with Crippen molar-refractivity contribution in [3.8, 4) is 0 Å². The molecule has 7 nitrogen and oxygen atoms in total. The van der Waals surface area contributed by atoms with Gasteiger partial charge in [-0.05, 0) is 19.1 Å². The standard InChI is InChI=1S/C11H11Cl2N3O4/c1-4(15-11(14)20)9(17)16-8-6(10(18)19)2-5(12)3-7(8)13/h2-4H,1H3,(H,16,17)(H,18,19)(H3,14,15,20). The second-order valence-electron chi connectivity index (χ2n) is 3.83. The first-order valence-corrected chi connectivity index (χ1v) is 6.07. The average Bonchev–Trinajstić information content (AvgIpc) is 2.30. The first kappa shape index (κ1) is 16.1. The van der Waals surface area contributed by atoms with Gasteiger partial charge < -0.3 is 21.5 Å². The Labute approximate surface area is 124 Å². The number of nitrogens with one attached hydrogen (secondary N) is 2. The molecule has 108 valence electrons. The molecule has 0 bridgehead atoms. The van der Waals surface area contributed by atoms with Crippen LogP contribution in [-0.4, -0.2) is 29.1 Å². The van der Waals surface area contributed by atoms with Gasteiger partial charge in [-0.2, -0.15) is 0 Å². The van der Waals surface area contributed by atoms with Gasteiger partial charge in [0.05, 0.1) is 16.3 Å². The maximum Gasteiger partial charge on any atom is 0.337 e. The molecule has 0 aromatic heterocycles. The van der Waals surface area contributed by atoms with Gasteiger partial charge in [0.1, 0.15) is 6.04 Å². The molecule has 3 amide bonds. The number of halogens is 2. The number of amides is 3. The van der Waals surface area contributed by atoms with Crippen molar-refractivity contribution < 1.29 is 19.5 Å². The van der Waals surface area contributed by atoms with Crippen molar-refractivity contribution in [2.75, 3.05) is 5.32 Å². The zero-order valence-electron chi connectivity index (χ0n) is 10.2. The number of hydrogen-bond donors (Lipinski definition) is 4. The molecule has 20 heavy (non-hydrogen) atoms. The van der Waals surface area contributed by atoms with Gasteiger partial charge in [-0.25, -0.2) is 9.59 Å². The Morgan fingerprint density at radius 3 is 2.40 bits per heavy atom. The van der Waals surface area contributed by atoms with E-state index in [4.69, 9.17) is 34.0 Å². The molecule has 0 fully saturated rings. The van der Waals surface area contributed by atoms with Gasteiger partial charge in [-0.3, -0.25) is 4.79 Å². The van der Waals surface area contributed by atoms with E-state index in [9.17, 15) is 14.4 Å². The van der Waals surface area contributed by atoms with Gasteiger partial charge in [-0.15, -0.1) is 0 Å². The molecule has 0 heterocycles. The summed E-state index contributed by atoms with van der Waals surface area (Å²) in [4.78, 5) is 33.5. The summed E-state index contributed by atoms with van der Waals surface area (Å²) in [7, 11) is 0. The fourth-order valence-corrected chi connectivity index (χ4v) is 1.92. The predicted octanol–water partition coefficient (Wildman–Crippen LogP) is 1.69. The van der Waals surface area contributed by atoms with Crippen LogP contribution in [0.3, 0.4) is 0 Å². The van der Waals surface area contributed by atoms with Gasteiger partial charge in [0.15, 0.2) is 0 Å². The Kier molecular flexibility index (Phi) is 5.18. The van der Waals surface area contributed by atoms with Crippen molar-refractivity contribution in [2.45, 2.75) is 13.0 Å². The van der Waals surface area contributed by atoms with Crippen LogP contribution in [0.25, 0.3) is 0 Å². The number of benzene rings is 1. The number of carboxylic acid groups (broad SMARTS) is 1. The number of hydrogen-bond acceptors (Lipinski definition) is 3. The molecule has 0 spiro atoms. The van der Waals surface area contributed by atoms with Crippen molar-refractivity contribution in [3.05, 3.63) is 27.7 Å². The Bertz CT molecular complexity index is 577. The van der Waals surface area contributed by atoms with E-state index >= 15 is 0 Å². The number of carbonyl (C=O) groups excluding carboxylic acids is 2. The highest BCUT2D eigenvalue weighted by Gasteiger charge is 2.20. The average molecular weight is 320 g/mol. The van der Waals surface area contributed by atoms with Crippen LogP contribution in [0, 0.1) is 0 Å². The van der Waals surface area contributed by atoms with Crippen LogP contribution in [-0.2, 0) is 4.79 Å². The fraction of sp³-hybridized carbons (Fsp3) is 0.182. The van der Waals surface area contributed by atoms with Crippen molar-refractivity contribution in [1.82, 2.24) is 5.32 Å². The molecule has 1 unspecified atom stereocenters. The smallest absolute Gasteiger partial charge is 0.337 e. The van der Waals surface area contributed by atoms with Gasteiger partial charge in [-0.1, -0.05) is 23.2 Å². The van der Waals surface area contributed by atoms with Crippen molar-refractivity contribution in [3.63, 3.8) is 0 Å². The summed E-state index contributed by atoms with van der Waals surface area (Å²) >= 11 is 11.6. The zero-order chi connectivity index (χ0) is 15.4. The van der Waals surface area contributed by atoms with Gasteiger partial charge in [0, 0.05) is 5.02 Å². The highest BCUT2D eigenvalue weighted by atomic mass is 35.5. The summed E-state index contributed by atoms with van der Waals surface area (Å²) in [6, 6.07) is 0.601. The molecule has 1 aromatic rings. The van der Waals surface area contributed by atoms with E-state index in [-0.39, 0.29) is 21.3 Å². The summed E-state index contributed by atoms with van der Waals surface area (Å²) in [6.07, 6.45) is 0. The number of rotatable bonds is 4. The maximum absolute atomic E-state index is 11.8. The quantitative estimate of drug-likeness (QED) is 0.674. The second-order valence-corrected chi connectivity index (χ2v) is 4.68. The number of carboxylic acids is 1. The first-order chi connectivity index (χ1) is 9.22. The molecule has 0 radical (unpaired) electrons. The minimum absolute atomic E-state index is 0.0328. The van der Waals surface area contributed by atoms with Crippen molar-refractivity contribution in [2.24, 2.45) is 5.73 Å². The van der Waals surface area contributed by atoms with E-state index in [0.29, 0.717) is 0 Å². The normalized spacial score (nSPS) is 11.6. The molecule has 1 aromatic carbocycles. The van der Waals surface area contributed by atoms with Gasteiger partial charge >= 0.3 is 12.0 Å². The molecule has 0 aliphatic heterocycles. The largest absolute Gasteiger partial charge is 0.478 e. The summed E-state index contributed by atoms with van der Waals surface area (Å²) < 4.78 is 0. The Morgan fingerprint density at radius 1 is 1.30 bits per heavy atom. The molecule has 9 heteroatoms. The first-order valence-electron chi connectivity index (χ1n) is 5.31. The lowest BCUT2D eigenvalue weighted by molar-refractivity contribution is -0.117. The Hall–Kier alpha value is -1.99. The minimum atomic E-state index is -1.31. The highest BCUT2D eigenvalue weighted by Crippen LogP contribution is 2.30. The summed E-state index contributed by atoms with van der Waals surface area (Å²) in [5.74, 6) is -1.98. The van der Waals surface area contributed by atoms with E-state index in [0.717, 1.165) is 6.07 Å². The van der Waals surface area contributed by atoms with Crippen LogP contribution in [0.2, 0.25) is 10.0 Å². The number of nitrogens with two attached hydrogens (primary N) is 1. The topological polar surface area (TPSA) is 122 Å². The van der Waals surface area contributed by atoms with Gasteiger partial charge in [0.25, 0.3) is 0 Å². The summed E-state index contributed by atoms with van der Waals surface area (Å²) in [6.45, 7) is 1.38. The second kappa shape index (κ2) is 6.44. The maximum atomic E-state index is 11.8. The third-order valence-corrected chi connectivity index (χ3v) is 2.80. The van der Waals surface area contributed by atoms with Crippen LogP contribution in [0.5, 0.6) is 0 Å². The third kappa shape index (κ3) is 4.01.